The topological polar surface area (TPSA) is 26.0 Å². The van der Waals surface area contributed by atoms with Crippen LogP contribution in [0.2, 0.25) is 0 Å². The van der Waals surface area contributed by atoms with Gasteiger partial charge in [-0.3, -0.25) is 0 Å². The molecule has 0 radical (unpaired) electrons. The van der Waals surface area contributed by atoms with Gasteiger partial charge in [0.15, 0.2) is 0 Å². The molecule has 2 aliphatic carbocycles. The van der Waals surface area contributed by atoms with Crippen molar-refractivity contribution in [3.05, 3.63) is 70.3 Å². The predicted molar refractivity (Wildman–Crippen MR) is 87.3 cm³/mol. The molecule has 1 saturated carbocycles. The second-order valence-electron chi connectivity index (χ2n) is 6.89. The van der Waals surface area contributed by atoms with E-state index < -0.39 is 0 Å². The summed E-state index contributed by atoms with van der Waals surface area (Å²) in [7, 11) is 0. The highest BCUT2D eigenvalue weighted by Crippen LogP contribution is 2.63. The van der Waals surface area contributed by atoms with E-state index in [2.05, 4.69) is 56.3 Å². The van der Waals surface area contributed by atoms with Crippen LogP contribution < -0.4 is 5.73 Å². The first-order valence-electron chi connectivity index (χ1n) is 8.07. The average molecular weight is 277 g/mol. The zero-order valence-electron chi connectivity index (χ0n) is 12.8. The molecule has 0 amide bonds. The van der Waals surface area contributed by atoms with E-state index in [9.17, 15) is 0 Å². The van der Waals surface area contributed by atoms with Crippen LogP contribution in [0.1, 0.15) is 46.2 Å². The van der Waals surface area contributed by atoms with E-state index in [0.29, 0.717) is 11.8 Å². The lowest BCUT2D eigenvalue weighted by Gasteiger charge is -2.16. The number of nitrogens with two attached hydrogens (primary N) is 1. The fraction of sp³-hybridized carbons (Fsp3) is 0.400. The monoisotopic (exact) mass is 277 g/mol. The Kier molecular flexibility index (Phi) is 2.93. The van der Waals surface area contributed by atoms with E-state index >= 15 is 0 Å². The molecule has 4 unspecified atom stereocenters. The maximum Gasteiger partial charge on any atom is 0.0335 e. The molecule has 0 saturated heterocycles. The Labute approximate surface area is 127 Å². The molecule has 4 atom stereocenters. The molecule has 4 rings (SSSR count). The summed E-state index contributed by atoms with van der Waals surface area (Å²) < 4.78 is 0. The molecule has 0 spiro atoms. The van der Waals surface area contributed by atoms with E-state index in [0.717, 1.165) is 5.92 Å². The predicted octanol–water partition coefficient (Wildman–Crippen LogP) is 4.28. The molecule has 1 nitrogen and oxygen atoms in total. The zero-order valence-corrected chi connectivity index (χ0v) is 12.8. The van der Waals surface area contributed by atoms with Crippen LogP contribution >= 0.6 is 0 Å². The minimum atomic E-state index is 0.187. The first-order valence-corrected chi connectivity index (χ1v) is 8.07. The number of benzene rings is 2. The van der Waals surface area contributed by atoms with E-state index in [4.69, 9.17) is 5.73 Å². The van der Waals surface area contributed by atoms with Crippen molar-refractivity contribution < 1.29 is 0 Å². The molecule has 2 aromatic rings. The molecule has 2 aromatic carbocycles. The van der Waals surface area contributed by atoms with Crippen LogP contribution in [0.4, 0.5) is 0 Å². The van der Waals surface area contributed by atoms with E-state index in [-0.39, 0.29) is 6.04 Å². The molecular weight excluding hydrogens is 254 g/mol. The molecule has 1 fully saturated rings. The molecule has 0 bridgehead atoms. The Hall–Kier alpha value is -1.60. The second-order valence-corrected chi connectivity index (χ2v) is 6.89. The molecule has 0 heterocycles. The van der Waals surface area contributed by atoms with Gasteiger partial charge in [0.25, 0.3) is 0 Å². The van der Waals surface area contributed by atoms with Crippen LogP contribution in [0.25, 0.3) is 0 Å². The number of fused-ring (bicyclic) bond motifs is 3. The smallest absolute Gasteiger partial charge is 0.0335 e. The first kappa shape index (κ1) is 13.1. The normalized spacial score (nSPS) is 27.7. The van der Waals surface area contributed by atoms with Crippen molar-refractivity contribution in [1.82, 2.24) is 0 Å². The van der Waals surface area contributed by atoms with Crippen molar-refractivity contribution in [1.29, 1.82) is 0 Å². The fourth-order valence-electron chi connectivity index (χ4n) is 4.52. The van der Waals surface area contributed by atoms with Crippen molar-refractivity contribution in [2.75, 3.05) is 0 Å². The standard InChI is InChI=1S/C20H23N/c1-12-7-9-15(13(2)11-12)20(21)19-17-10-8-14-5-3-4-6-16(14)18(17)19/h3-7,9,11,17-20H,8,10,21H2,1-2H3. The highest BCUT2D eigenvalue weighted by atomic mass is 14.7. The van der Waals surface area contributed by atoms with E-state index in [1.54, 1.807) is 11.1 Å². The Balaban J connectivity index is 1.65. The van der Waals surface area contributed by atoms with Gasteiger partial charge in [-0.15, -0.1) is 0 Å². The SMILES string of the molecule is Cc1ccc(C(N)C2C3CCc4ccccc4C32)c(C)c1. The third kappa shape index (κ3) is 2.03. The molecule has 0 aromatic heterocycles. The van der Waals surface area contributed by atoms with Crippen LogP contribution in [-0.4, -0.2) is 0 Å². The summed E-state index contributed by atoms with van der Waals surface area (Å²) in [6, 6.07) is 15.8. The largest absolute Gasteiger partial charge is 0.324 e. The van der Waals surface area contributed by atoms with Gasteiger partial charge in [0, 0.05) is 6.04 Å². The van der Waals surface area contributed by atoms with Crippen molar-refractivity contribution in [3.63, 3.8) is 0 Å². The summed E-state index contributed by atoms with van der Waals surface area (Å²) in [5.41, 5.74) is 13.8. The summed E-state index contributed by atoms with van der Waals surface area (Å²) in [6.07, 6.45) is 2.54. The van der Waals surface area contributed by atoms with Gasteiger partial charge in [-0.1, -0.05) is 48.0 Å². The summed E-state index contributed by atoms with van der Waals surface area (Å²) in [6.45, 7) is 4.34. The van der Waals surface area contributed by atoms with Gasteiger partial charge in [-0.2, -0.15) is 0 Å². The van der Waals surface area contributed by atoms with Crippen LogP contribution in [0, 0.1) is 25.7 Å². The highest BCUT2D eigenvalue weighted by Gasteiger charge is 2.55. The van der Waals surface area contributed by atoms with Crippen molar-refractivity contribution in [3.8, 4) is 0 Å². The number of hydrogen-bond acceptors (Lipinski definition) is 1. The van der Waals surface area contributed by atoms with Gasteiger partial charge in [0.1, 0.15) is 0 Å². The number of hydrogen-bond donors (Lipinski definition) is 1. The Morgan fingerprint density at radius 1 is 1.10 bits per heavy atom. The number of aryl methyl sites for hydroxylation is 3. The van der Waals surface area contributed by atoms with E-state index in [1.807, 2.05) is 0 Å². The Morgan fingerprint density at radius 2 is 1.90 bits per heavy atom. The summed E-state index contributed by atoms with van der Waals surface area (Å²) in [5.74, 6) is 2.14. The summed E-state index contributed by atoms with van der Waals surface area (Å²) in [4.78, 5) is 0. The first-order chi connectivity index (χ1) is 10.2. The van der Waals surface area contributed by atoms with Gasteiger partial charge in [-0.25, -0.2) is 0 Å². The second kappa shape index (κ2) is 4.71. The van der Waals surface area contributed by atoms with Gasteiger partial charge in [0.05, 0.1) is 0 Å². The lowest BCUT2D eigenvalue weighted by atomic mass is 9.92. The van der Waals surface area contributed by atoms with Crippen molar-refractivity contribution >= 4 is 0 Å². The number of rotatable bonds is 2. The van der Waals surface area contributed by atoms with Crippen molar-refractivity contribution in [2.24, 2.45) is 17.6 Å². The molecule has 1 heteroatoms. The van der Waals surface area contributed by atoms with Crippen molar-refractivity contribution in [2.45, 2.75) is 38.6 Å². The molecule has 108 valence electrons. The Bertz CT molecular complexity index is 688. The lowest BCUT2D eigenvalue weighted by molar-refractivity contribution is 0.553. The molecule has 0 aliphatic heterocycles. The fourth-order valence-corrected chi connectivity index (χ4v) is 4.52. The third-order valence-corrected chi connectivity index (χ3v) is 5.59. The third-order valence-electron chi connectivity index (χ3n) is 5.59. The molecular formula is C20H23N. The van der Waals surface area contributed by atoms with E-state index in [1.165, 1.54) is 29.5 Å². The summed E-state index contributed by atoms with van der Waals surface area (Å²) in [5, 5.41) is 0. The van der Waals surface area contributed by atoms with Crippen LogP contribution in [0.15, 0.2) is 42.5 Å². The average Bonchev–Trinajstić information content (AvgIpc) is 3.21. The maximum atomic E-state index is 6.67. The quantitative estimate of drug-likeness (QED) is 0.871. The van der Waals surface area contributed by atoms with Crippen LogP contribution in [0.3, 0.4) is 0 Å². The lowest BCUT2D eigenvalue weighted by Crippen LogP contribution is -2.15. The molecule has 2 N–H and O–H groups in total. The van der Waals surface area contributed by atoms with Gasteiger partial charge < -0.3 is 5.73 Å². The van der Waals surface area contributed by atoms with Crippen LogP contribution in [0.5, 0.6) is 0 Å². The Morgan fingerprint density at radius 3 is 2.71 bits per heavy atom. The minimum Gasteiger partial charge on any atom is -0.324 e. The maximum absolute atomic E-state index is 6.67. The van der Waals surface area contributed by atoms with Gasteiger partial charge in [-0.05, 0) is 66.7 Å². The van der Waals surface area contributed by atoms with Gasteiger partial charge >= 0.3 is 0 Å². The molecule has 2 aliphatic rings. The summed E-state index contributed by atoms with van der Waals surface area (Å²) >= 11 is 0. The zero-order chi connectivity index (χ0) is 14.6. The highest BCUT2D eigenvalue weighted by molar-refractivity contribution is 5.42. The van der Waals surface area contributed by atoms with Crippen LogP contribution in [-0.2, 0) is 6.42 Å². The molecule has 21 heavy (non-hydrogen) atoms. The minimum absolute atomic E-state index is 0.187. The van der Waals surface area contributed by atoms with Gasteiger partial charge in [0.2, 0.25) is 0 Å².